The van der Waals surface area contributed by atoms with Gasteiger partial charge in [0.1, 0.15) is 16.4 Å². The highest BCUT2D eigenvalue weighted by molar-refractivity contribution is 8.04. The van der Waals surface area contributed by atoms with Gasteiger partial charge >= 0.3 is 0 Å². The van der Waals surface area contributed by atoms with Crippen LogP contribution in [0.15, 0.2) is 58.0 Å². The van der Waals surface area contributed by atoms with E-state index in [2.05, 4.69) is 0 Å². The van der Waals surface area contributed by atoms with E-state index in [1.165, 1.54) is 30.0 Å². The maximum absolute atomic E-state index is 13.6. The maximum Gasteiger partial charge on any atom is 0.283 e. The molecule has 0 atom stereocenters. The lowest BCUT2D eigenvalue weighted by atomic mass is 10.1. The highest BCUT2D eigenvalue weighted by Crippen LogP contribution is 2.40. The summed E-state index contributed by atoms with van der Waals surface area (Å²) in [4.78, 5) is 31.0. The lowest BCUT2D eigenvalue weighted by Crippen LogP contribution is -2.37. The molecule has 2 aliphatic heterocycles. The van der Waals surface area contributed by atoms with Crippen LogP contribution in [0.3, 0.4) is 0 Å². The minimum absolute atomic E-state index is 0.123. The lowest BCUT2D eigenvalue weighted by Gasteiger charge is -2.29. The number of thioether (sulfide) groups is 1. The predicted molar refractivity (Wildman–Crippen MR) is 113 cm³/mol. The third-order valence-corrected chi connectivity index (χ3v) is 6.46. The second-order valence-electron chi connectivity index (χ2n) is 7.18. The molecule has 0 radical (unpaired) electrons. The average Bonchev–Trinajstić information content (AvgIpc) is 2.96. The predicted octanol–water partition coefficient (Wildman–Crippen LogP) is 5.15. The standard InChI is InChI=1S/C22H20ClFN2O2S/c1-14-5-8-16(9-6-14)29-20-19(25-11-3-2-4-12-25)21(27)26(22(20)28)15-7-10-18(24)17(23)13-15/h5-10,13H,2-4,11-12H2,1H3. The molecule has 1 fully saturated rings. The van der Waals surface area contributed by atoms with Crippen molar-refractivity contribution in [3.8, 4) is 0 Å². The largest absolute Gasteiger partial charge is 0.366 e. The lowest BCUT2D eigenvalue weighted by molar-refractivity contribution is -0.121. The molecule has 7 heteroatoms. The van der Waals surface area contributed by atoms with Crippen molar-refractivity contribution < 1.29 is 14.0 Å². The van der Waals surface area contributed by atoms with Gasteiger partial charge < -0.3 is 4.90 Å². The van der Waals surface area contributed by atoms with Crippen molar-refractivity contribution in [2.45, 2.75) is 31.1 Å². The zero-order valence-electron chi connectivity index (χ0n) is 16.0. The fourth-order valence-corrected chi connectivity index (χ4v) is 4.74. The van der Waals surface area contributed by atoms with Gasteiger partial charge in [-0.3, -0.25) is 9.59 Å². The number of rotatable bonds is 4. The van der Waals surface area contributed by atoms with Crippen molar-refractivity contribution in [3.63, 3.8) is 0 Å². The molecule has 0 spiro atoms. The number of hydrogen-bond donors (Lipinski definition) is 0. The molecule has 2 heterocycles. The SMILES string of the molecule is Cc1ccc(SC2=C(N3CCCCC3)C(=O)N(c3ccc(F)c(Cl)c3)C2=O)cc1. The molecule has 0 unspecified atom stereocenters. The highest BCUT2D eigenvalue weighted by Gasteiger charge is 2.42. The summed E-state index contributed by atoms with van der Waals surface area (Å²) in [5.41, 5.74) is 1.83. The van der Waals surface area contributed by atoms with Crippen molar-refractivity contribution in [1.82, 2.24) is 4.90 Å². The van der Waals surface area contributed by atoms with E-state index in [0.29, 0.717) is 10.6 Å². The van der Waals surface area contributed by atoms with E-state index in [4.69, 9.17) is 11.6 Å². The Morgan fingerprint density at radius 1 is 0.966 bits per heavy atom. The number of nitrogens with zero attached hydrogens (tertiary/aromatic N) is 2. The van der Waals surface area contributed by atoms with Crippen LogP contribution in [-0.2, 0) is 9.59 Å². The highest BCUT2D eigenvalue weighted by atomic mass is 35.5. The Bertz CT molecular complexity index is 1000. The Hall–Kier alpha value is -2.31. The van der Waals surface area contributed by atoms with Gasteiger partial charge in [0.25, 0.3) is 11.8 Å². The van der Waals surface area contributed by atoms with E-state index >= 15 is 0 Å². The normalized spacial score (nSPS) is 17.5. The number of piperidine rings is 1. The molecule has 29 heavy (non-hydrogen) atoms. The van der Waals surface area contributed by atoms with E-state index in [1.807, 2.05) is 36.1 Å². The van der Waals surface area contributed by atoms with Crippen LogP contribution >= 0.6 is 23.4 Å². The number of carbonyl (C=O) groups excluding carboxylic acids is 2. The van der Waals surface area contributed by atoms with E-state index < -0.39 is 11.7 Å². The Morgan fingerprint density at radius 2 is 1.66 bits per heavy atom. The molecule has 0 N–H and O–H groups in total. The first-order valence-electron chi connectivity index (χ1n) is 9.53. The molecule has 0 saturated carbocycles. The summed E-state index contributed by atoms with van der Waals surface area (Å²) in [6, 6.07) is 11.7. The molecule has 1 saturated heterocycles. The fraction of sp³-hybridized carbons (Fsp3) is 0.273. The van der Waals surface area contributed by atoms with Crippen LogP contribution in [-0.4, -0.2) is 29.8 Å². The quantitative estimate of drug-likeness (QED) is 0.629. The molecular weight excluding hydrogens is 411 g/mol. The molecule has 2 aromatic carbocycles. The molecule has 4 nitrogen and oxygen atoms in total. The van der Waals surface area contributed by atoms with Gasteiger partial charge in [0.05, 0.1) is 10.7 Å². The van der Waals surface area contributed by atoms with Gasteiger partial charge in [0, 0.05) is 18.0 Å². The van der Waals surface area contributed by atoms with E-state index in [1.54, 1.807) is 0 Å². The first kappa shape index (κ1) is 20.0. The number of aryl methyl sites for hydroxylation is 1. The summed E-state index contributed by atoms with van der Waals surface area (Å²) >= 11 is 7.20. The number of likely N-dealkylation sites (tertiary alicyclic amines) is 1. The van der Waals surface area contributed by atoms with Crippen molar-refractivity contribution in [3.05, 3.63) is 69.5 Å². The van der Waals surface area contributed by atoms with Gasteiger partial charge in [0.2, 0.25) is 0 Å². The van der Waals surface area contributed by atoms with Crippen LogP contribution in [0.2, 0.25) is 5.02 Å². The number of carbonyl (C=O) groups is 2. The summed E-state index contributed by atoms with van der Waals surface area (Å²) in [6.07, 6.45) is 3.08. The van der Waals surface area contributed by atoms with E-state index in [0.717, 1.165) is 47.7 Å². The maximum atomic E-state index is 13.6. The summed E-state index contributed by atoms with van der Waals surface area (Å²) in [7, 11) is 0. The van der Waals surface area contributed by atoms with Crippen LogP contribution in [0, 0.1) is 12.7 Å². The van der Waals surface area contributed by atoms with Gasteiger partial charge in [-0.2, -0.15) is 0 Å². The molecule has 150 valence electrons. The Balaban J connectivity index is 1.74. The van der Waals surface area contributed by atoms with Gasteiger partial charge in [-0.15, -0.1) is 0 Å². The topological polar surface area (TPSA) is 40.6 Å². The first-order valence-corrected chi connectivity index (χ1v) is 10.7. The van der Waals surface area contributed by atoms with Crippen molar-refractivity contribution >= 4 is 40.9 Å². The Kier molecular flexibility index (Phi) is 5.65. The number of hydrogen-bond acceptors (Lipinski definition) is 4. The summed E-state index contributed by atoms with van der Waals surface area (Å²) in [5, 5.41) is -0.123. The molecule has 2 aliphatic rings. The first-order chi connectivity index (χ1) is 14.0. The molecule has 0 aromatic heterocycles. The average molecular weight is 431 g/mol. The number of anilines is 1. The Labute approximate surface area is 178 Å². The van der Waals surface area contributed by atoms with E-state index in [-0.39, 0.29) is 16.6 Å². The number of benzene rings is 2. The summed E-state index contributed by atoms with van der Waals surface area (Å²) < 4.78 is 13.6. The van der Waals surface area contributed by atoms with E-state index in [9.17, 15) is 14.0 Å². The third-order valence-electron chi connectivity index (χ3n) is 5.09. The second-order valence-corrected chi connectivity index (χ2v) is 8.68. The monoisotopic (exact) mass is 430 g/mol. The van der Waals surface area contributed by atoms with Crippen LogP contribution in [0.4, 0.5) is 10.1 Å². The van der Waals surface area contributed by atoms with Crippen LogP contribution in [0.25, 0.3) is 0 Å². The molecule has 0 bridgehead atoms. The fourth-order valence-electron chi connectivity index (χ4n) is 3.57. The zero-order valence-corrected chi connectivity index (χ0v) is 17.5. The number of imide groups is 1. The summed E-state index contributed by atoms with van der Waals surface area (Å²) in [6.45, 7) is 3.48. The van der Waals surface area contributed by atoms with Crippen molar-refractivity contribution in [2.24, 2.45) is 0 Å². The molecule has 2 aromatic rings. The molecular formula is C22H20ClFN2O2S. The second kappa shape index (κ2) is 8.20. The number of halogens is 2. The molecule has 4 rings (SSSR count). The van der Waals surface area contributed by atoms with Gasteiger partial charge in [-0.05, 0) is 56.5 Å². The van der Waals surface area contributed by atoms with Crippen molar-refractivity contribution in [1.29, 1.82) is 0 Å². The zero-order chi connectivity index (χ0) is 20.5. The van der Waals surface area contributed by atoms with Crippen LogP contribution < -0.4 is 4.90 Å². The Morgan fingerprint density at radius 3 is 2.31 bits per heavy atom. The van der Waals surface area contributed by atoms with Gasteiger partial charge in [-0.1, -0.05) is 41.1 Å². The van der Waals surface area contributed by atoms with Crippen LogP contribution in [0.1, 0.15) is 24.8 Å². The van der Waals surface area contributed by atoms with Gasteiger partial charge in [0.15, 0.2) is 0 Å². The molecule has 2 amide bonds. The van der Waals surface area contributed by atoms with Crippen molar-refractivity contribution in [2.75, 3.05) is 18.0 Å². The van der Waals surface area contributed by atoms with Gasteiger partial charge in [-0.25, -0.2) is 9.29 Å². The summed E-state index contributed by atoms with van der Waals surface area (Å²) in [5.74, 6) is -1.37. The minimum Gasteiger partial charge on any atom is -0.366 e. The van der Waals surface area contributed by atoms with Crippen LogP contribution in [0.5, 0.6) is 0 Å². The minimum atomic E-state index is -0.590. The smallest absolute Gasteiger partial charge is 0.283 e. The third kappa shape index (κ3) is 3.91. The number of amides is 2. The molecule has 0 aliphatic carbocycles.